The second-order valence-corrected chi connectivity index (χ2v) is 4.89. The molecule has 4 nitrogen and oxygen atoms in total. The van der Waals surface area contributed by atoms with E-state index >= 15 is 0 Å². The SMILES string of the molecule is CC(C)Oc1ccc(Nc2ncncc2Br)cc1. The zero-order valence-corrected chi connectivity index (χ0v) is 11.8. The summed E-state index contributed by atoms with van der Waals surface area (Å²) in [6.45, 7) is 4.01. The van der Waals surface area contributed by atoms with Gasteiger partial charge in [0.2, 0.25) is 0 Å². The quantitative estimate of drug-likeness (QED) is 0.934. The zero-order chi connectivity index (χ0) is 13.0. The van der Waals surface area contributed by atoms with Crippen LogP contribution in [0.3, 0.4) is 0 Å². The summed E-state index contributed by atoms with van der Waals surface area (Å²) in [5.74, 6) is 1.60. The molecule has 0 aliphatic rings. The Bertz CT molecular complexity index is 514. The summed E-state index contributed by atoms with van der Waals surface area (Å²) in [7, 11) is 0. The van der Waals surface area contributed by atoms with Gasteiger partial charge in [-0.25, -0.2) is 9.97 Å². The maximum absolute atomic E-state index is 5.58. The van der Waals surface area contributed by atoms with Gasteiger partial charge >= 0.3 is 0 Å². The van der Waals surface area contributed by atoms with Crippen molar-refractivity contribution >= 4 is 27.4 Å². The molecule has 0 bridgehead atoms. The second kappa shape index (κ2) is 5.82. The van der Waals surface area contributed by atoms with Gasteiger partial charge in [-0.05, 0) is 54.0 Å². The van der Waals surface area contributed by atoms with Crippen LogP contribution in [0.2, 0.25) is 0 Å². The smallest absolute Gasteiger partial charge is 0.148 e. The number of ether oxygens (including phenoxy) is 1. The van der Waals surface area contributed by atoms with Crippen molar-refractivity contribution < 1.29 is 4.74 Å². The van der Waals surface area contributed by atoms with E-state index in [1.807, 2.05) is 38.1 Å². The van der Waals surface area contributed by atoms with Crippen LogP contribution in [0.25, 0.3) is 0 Å². The van der Waals surface area contributed by atoms with Crippen LogP contribution in [0.1, 0.15) is 13.8 Å². The highest BCUT2D eigenvalue weighted by atomic mass is 79.9. The zero-order valence-electron chi connectivity index (χ0n) is 10.2. The van der Waals surface area contributed by atoms with Crippen molar-refractivity contribution in [3.05, 3.63) is 41.3 Å². The first-order valence-electron chi connectivity index (χ1n) is 5.64. The summed E-state index contributed by atoms with van der Waals surface area (Å²) in [4.78, 5) is 8.06. The predicted molar refractivity (Wildman–Crippen MR) is 75.2 cm³/mol. The summed E-state index contributed by atoms with van der Waals surface area (Å²) >= 11 is 3.39. The molecule has 2 aromatic rings. The number of nitrogens with zero attached hydrogens (tertiary/aromatic N) is 2. The number of hydrogen-bond donors (Lipinski definition) is 1. The van der Waals surface area contributed by atoms with Crippen LogP contribution in [0, 0.1) is 0 Å². The van der Waals surface area contributed by atoms with Gasteiger partial charge in [-0.15, -0.1) is 0 Å². The van der Waals surface area contributed by atoms with Crippen molar-refractivity contribution in [1.29, 1.82) is 0 Å². The molecule has 0 saturated carbocycles. The number of rotatable bonds is 4. The third kappa shape index (κ3) is 3.43. The lowest BCUT2D eigenvalue weighted by atomic mass is 10.3. The molecule has 18 heavy (non-hydrogen) atoms. The minimum Gasteiger partial charge on any atom is -0.491 e. The molecule has 1 aromatic carbocycles. The minimum atomic E-state index is 0.180. The van der Waals surface area contributed by atoms with Crippen molar-refractivity contribution in [2.75, 3.05) is 5.32 Å². The molecule has 0 atom stereocenters. The fourth-order valence-corrected chi connectivity index (χ4v) is 1.75. The summed E-state index contributed by atoms with van der Waals surface area (Å²) < 4.78 is 6.41. The topological polar surface area (TPSA) is 47.0 Å². The van der Waals surface area contributed by atoms with Crippen LogP contribution in [0.5, 0.6) is 5.75 Å². The van der Waals surface area contributed by atoms with E-state index in [1.54, 1.807) is 6.20 Å². The number of hydrogen-bond acceptors (Lipinski definition) is 4. The third-order valence-electron chi connectivity index (χ3n) is 2.16. The van der Waals surface area contributed by atoms with E-state index in [1.165, 1.54) is 6.33 Å². The highest BCUT2D eigenvalue weighted by Crippen LogP contribution is 2.23. The van der Waals surface area contributed by atoms with Crippen molar-refractivity contribution in [1.82, 2.24) is 9.97 Å². The van der Waals surface area contributed by atoms with Gasteiger partial charge in [-0.1, -0.05) is 0 Å². The van der Waals surface area contributed by atoms with Gasteiger partial charge in [0.1, 0.15) is 17.9 Å². The predicted octanol–water partition coefficient (Wildman–Crippen LogP) is 3.77. The lowest BCUT2D eigenvalue weighted by Gasteiger charge is -2.11. The Hall–Kier alpha value is -1.62. The lowest BCUT2D eigenvalue weighted by Crippen LogP contribution is -2.05. The second-order valence-electron chi connectivity index (χ2n) is 4.04. The molecule has 0 aliphatic carbocycles. The number of aromatic nitrogens is 2. The molecule has 1 heterocycles. The summed E-state index contributed by atoms with van der Waals surface area (Å²) in [6.07, 6.45) is 3.38. The molecular weight excluding hydrogens is 294 g/mol. The van der Waals surface area contributed by atoms with Crippen molar-refractivity contribution in [2.45, 2.75) is 20.0 Å². The highest BCUT2D eigenvalue weighted by molar-refractivity contribution is 9.10. The van der Waals surface area contributed by atoms with E-state index in [0.29, 0.717) is 0 Å². The van der Waals surface area contributed by atoms with E-state index in [9.17, 15) is 0 Å². The first kappa shape index (κ1) is 12.8. The fraction of sp³-hybridized carbons (Fsp3) is 0.231. The van der Waals surface area contributed by atoms with Gasteiger partial charge in [0.25, 0.3) is 0 Å². The molecule has 1 aromatic heterocycles. The normalized spacial score (nSPS) is 10.4. The number of halogens is 1. The summed E-state index contributed by atoms with van der Waals surface area (Å²) in [5, 5.41) is 3.20. The van der Waals surface area contributed by atoms with Crippen LogP contribution in [-0.2, 0) is 0 Å². The van der Waals surface area contributed by atoms with Crippen LogP contribution >= 0.6 is 15.9 Å². The molecule has 5 heteroatoms. The van der Waals surface area contributed by atoms with E-state index in [-0.39, 0.29) is 6.10 Å². The summed E-state index contributed by atoms with van der Waals surface area (Å²) in [6, 6.07) is 7.76. The van der Waals surface area contributed by atoms with E-state index in [4.69, 9.17) is 4.74 Å². The minimum absolute atomic E-state index is 0.180. The molecule has 0 amide bonds. The largest absolute Gasteiger partial charge is 0.491 e. The monoisotopic (exact) mass is 307 g/mol. The first-order valence-corrected chi connectivity index (χ1v) is 6.43. The number of nitrogens with one attached hydrogen (secondary N) is 1. The lowest BCUT2D eigenvalue weighted by molar-refractivity contribution is 0.242. The van der Waals surface area contributed by atoms with Crippen LogP contribution in [-0.4, -0.2) is 16.1 Å². The molecule has 2 rings (SSSR count). The summed E-state index contributed by atoms with van der Waals surface area (Å²) in [5.41, 5.74) is 0.950. The fourth-order valence-electron chi connectivity index (χ4n) is 1.43. The van der Waals surface area contributed by atoms with Gasteiger partial charge in [0.05, 0.1) is 10.6 Å². The highest BCUT2D eigenvalue weighted by Gasteiger charge is 2.02. The Kier molecular flexibility index (Phi) is 4.15. The maximum Gasteiger partial charge on any atom is 0.148 e. The van der Waals surface area contributed by atoms with Gasteiger partial charge in [-0.3, -0.25) is 0 Å². The Morgan fingerprint density at radius 1 is 1.22 bits per heavy atom. The van der Waals surface area contributed by atoms with E-state index in [0.717, 1.165) is 21.7 Å². The third-order valence-corrected chi connectivity index (χ3v) is 2.74. The van der Waals surface area contributed by atoms with Crippen molar-refractivity contribution in [3.63, 3.8) is 0 Å². The van der Waals surface area contributed by atoms with Crippen LogP contribution in [0.15, 0.2) is 41.3 Å². The molecule has 94 valence electrons. The molecule has 0 radical (unpaired) electrons. The maximum atomic E-state index is 5.58. The van der Waals surface area contributed by atoms with Crippen LogP contribution in [0.4, 0.5) is 11.5 Å². The molecule has 0 aliphatic heterocycles. The van der Waals surface area contributed by atoms with Crippen molar-refractivity contribution in [2.24, 2.45) is 0 Å². The van der Waals surface area contributed by atoms with Gasteiger partial charge in [-0.2, -0.15) is 0 Å². The molecule has 0 saturated heterocycles. The Labute approximate surface area is 115 Å². The van der Waals surface area contributed by atoms with Crippen LogP contribution < -0.4 is 10.1 Å². The van der Waals surface area contributed by atoms with Crippen molar-refractivity contribution in [3.8, 4) is 5.75 Å². The molecule has 1 N–H and O–H groups in total. The molecule has 0 unspecified atom stereocenters. The standard InChI is InChI=1S/C13H14BrN3O/c1-9(2)18-11-5-3-10(4-6-11)17-13-12(14)7-15-8-16-13/h3-9H,1-2H3,(H,15,16,17). The average Bonchev–Trinajstić information content (AvgIpc) is 2.34. The Morgan fingerprint density at radius 3 is 2.56 bits per heavy atom. The van der Waals surface area contributed by atoms with E-state index < -0.39 is 0 Å². The number of benzene rings is 1. The Morgan fingerprint density at radius 2 is 1.94 bits per heavy atom. The Balaban J connectivity index is 2.09. The number of anilines is 2. The molecule has 0 fully saturated rings. The molecular formula is C13H14BrN3O. The van der Waals surface area contributed by atoms with Gasteiger partial charge < -0.3 is 10.1 Å². The van der Waals surface area contributed by atoms with E-state index in [2.05, 4.69) is 31.2 Å². The average molecular weight is 308 g/mol. The first-order chi connectivity index (χ1) is 8.65. The van der Waals surface area contributed by atoms with Gasteiger partial charge in [0, 0.05) is 11.9 Å². The van der Waals surface area contributed by atoms with Gasteiger partial charge in [0.15, 0.2) is 0 Å². The molecule has 0 spiro atoms.